The third-order valence-corrected chi connectivity index (χ3v) is 5.71. The van der Waals surface area contributed by atoms with Crippen LogP contribution in [-0.2, 0) is 10.1 Å². The van der Waals surface area contributed by atoms with Crippen molar-refractivity contribution in [2.45, 2.75) is 69.5 Å². The Labute approximate surface area is 182 Å². The van der Waals surface area contributed by atoms with E-state index in [-0.39, 0.29) is 12.1 Å². The summed E-state index contributed by atoms with van der Waals surface area (Å²) in [7, 11) is 0. The second-order valence-corrected chi connectivity index (χ2v) is 9.65. The van der Waals surface area contributed by atoms with Crippen LogP contribution < -0.4 is 10.6 Å². The van der Waals surface area contributed by atoms with Crippen molar-refractivity contribution in [2.75, 3.05) is 5.32 Å². The van der Waals surface area contributed by atoms with Crippen molar-refractivity contribution in [3.05, 3.63) is 28.4 Å². The summed E-state index contributed by atoms with van der Waals surface area (Å²) in [5, 5.41) is 8.18. The number of carbonyl (C=O) groups is 1. The van der Waals surface area contributed by atoms with Gasteiger partial charge < -0.3 is 15.4 Å². The average Bonchev–Trinajstić information content (AvgIpc) is 2.61. The smallest absolute Gasteiger partial charge is 0.407 e. The Balaban J connectivity index is 1.57. The maximum absolute atomic E-state index is 11.9. The van der Waals surface area contributed by atoms with Crippen molar-refractivity contribution in [1.82, 2.24) is 15.3 Å². The monoisotopic (exact) mass is 512 g/mol. The molecule has 1 aromatic heterocycles. The number of halogens is 2. The molecule has 1 saturated carbocycles. The van der Waals surface area contributed by atoms with E-state index < -0.39 is 5.60 Å². The third kappa shape index (κ3) is 5.80. The van der Waals surface area contributed by atoms with E-state index in [1.165, 1.54) is 0 Å². The molecule has 0 radical (unpaired) electrons. The zero-order valence-corrected chi connectivity index (χ0v) is 19.6. The number of amides is 1. The molecule has 3 rings (SSSR count). The lowest BCUT2D eigenvalue weighted by molar-refractivity contribution is 0.0492. The molecule has 1 fully saturated rings. The largest absolute Gasteiger partial charge is 0.444 e. The Morgan fingerprint density at radius 1 is 1.21 bits per heavy atom. The predicted molar refractivity (Wildman–Crippen MR) is 119 cm³/mol. The SMILES string of the molecule is CC(C)(C)OC(=O)NC1CCC(Nc2ncc3cc(Br)cc(CBr)c3n2)CC1. The Morgan fingerprint density at radius 3 is 2.54 bits per heavy atom. The lowest BCUT2D eigenvalue weighted by Gasteiger charge is -2.30. The minimum Gasteiger partial charge on any atom is -0.444 e. The molecule has 0 atom stereocenters. The van der Waals surface area contributed by atoms with E-state index in [2.05, 4.69) is 53.5 Å². The normalized spacial score (nSPS) is 20.0. The molecule has 2 N–H and O–H groups in total. The molecule has 2 aromatic rings. The van der Waals surface area contributed by atoms with Gasteiger partial charge in [-0.25, -0.2) is 14.8 Å². The number of carbonyl (C=O) groups excluding carboxylic acids is 1. The molecule has 0 spiro atoms. The minimum absolute atomic E-state index is 0.155. The van der Waals surface area contributed by atoms with Crippen LogP contribution in [0, 0.1) is 0 Å². The summed E-state index contributed by atoms with van der Waals surface area (Å²) in [6.07, 6.45) is 5.24. The van der Waals surface area contributed by atoms with Gasteiger partial charge in [0.1, 0.15) is 5.60 Å². The molecule has 28 heavy (non-hydrogen) atoms. The molecule has 0 unspecified atom stereocenters. The van der Waals surface area contributed by atoms with Crippen molar-refractivity contribution >= 4 is 54.8 Å². The molecule has 0 bridgehead atoms. The molecule has 0 saturated heterocycles. The van der Waals surface area contributed by atoms with Crippen molar-refractivity contribution < 1.29 is 9.53 Å². The molecular formula is C20H26Br2N4O2. The molecule has 0 aliphatic heterocycles. The zero-order chi connectivity index (χ0) is 20.3. The van der Waals surface area contributed by atoms with Crippen LogP contribution in [-0.4, -0.2) is 33.7 Å². The van der Waals surface area contributed by atoms with Gasteiger partial charge in [0.15, 0.2) is 0 Å². The van der Waals surface area contributed by atoms with Crippen molar-refractivity contribution in [2.24, 2.45) is 0 Å². The second kappa shape index (κ2) is 8.95. The number of nitrogens with one attached hydrogen (secondary N) is 2. The van der Waals surface area contributed by atoms with Gasteiger partial charge >= 0.3 is 6.09 Å². The second-order valence-electron chi connectivity index (χ2n) is 8.17. The van der Waals surface area contributed by atoms with E-state index in [1.807, 2.05) is 33.0 Å². The van der Waals surface area contributed by atoms with E-state index in [0.717, 1.165) is 52.0 Å². The van der Waals surface area contributed by atoms with Gasteiger partial charge in [-0.3, -0.25) is 0 Å². The van der Waals surface area contributed by atoms with Crippen LogP contribution in [0.4, 0.5) is 10.7 Å². The van der Waals surface area contributed by atoms with Gasteiger partial charge in [-0.1, -0.05) is 31.9 Å². The summed E-state index contributed by atoms with van der Waals surface area (Å²) in [6.45, 7) is 5.62. The van der Waals surface area contributed by atoms with Crippen LogP contribution in [0.2, 0.25) is 0 Å². The molecule has 1 amide bonds. The summed E-state index contributed by atoms with van der Waals surface area (Å²) < 4.78 is 6.36. The van der Waals surface area contributed by atoms with E-state index in [0.29, 0.717) is 12.0 Å². The number of anilines is 1. The van der Waals surface area contributed by atoms with Crippen LogP contribution in [0.25, 0.3) is 10.9 Å². The molecule has 1 aliphatic carbocycles. The number of alkyl halides is 1. The van der Waals surface area contributed by atoms with Crippen molar-refractivity contribution in [3.63, 3.8) is 0 Å². The number of ether oxygens (including phenoxy) is 1. The number of hydrogen-bond acceptors (Lipinski definition) is 5. The number of alkyl carbamates (subject to hydrolysis) is 1. The van der Waals surface area contributed by atoms with Crippen LogP contribution in [0.1, 0.15) is 52.0 Å². The number of aromatic nitrogens is 2. The van der Waals surface area contributed by atoms with Gasteiger partial charge in [0.05, 0.1) is 5.52 Å². The molecule has 1 aliphatic rings. The molecule has 6 nitrogen and oxygen atoms in total. The average molecular weight is 514 g/mol. The highest BCUT2D eigenvalue weighted by Gasteiger charge is 2.25. The number of fused-ring (bicyclic) bond motifs is 1. The van der Waals surface area contributed by atoms with E-state index in [9.17, 15) is 4.79 Å². The Morgan fingerprint density at radius 2 is 1.89 bits per heavy atom. The number of rotatable bonds is 4. The first-order chi connectivity index (χ1) is 13.2. The lowest BCUT2D eigenvalue weighted by atomic mass is 9.91. The maximum atomic E-state index is 11.9. The Kier molecular flexibility index (Phi) is 6.81. The quantitative estimate of drug-likeness (QED) is 0.525. The van der Waals surface area contributed by atoms with E-state index in [4.69, 9.17) is 9.72 Å². The van der Waals surface area contributed by atoms with Gasteiger partial charge in [0, 0.05) is 33.5 Å². The van der Waals surface area contributed by atoms with Crippen LogP contribution in [0.15, 0.2) is 22.8 Å². The summed E-state index contributed by atoms with van der Waals surface area (Å²) in [5.41, 5.74) is 1.61. The number of nitrogens with zero attached hydrogens (tertiary/aromatic N) is 2. The van der Waals surface area contributed by atoms with Gasteiger partial charge in [0.2, 0.25) is 5.95 Å². The highest BCUT2D eigenvalue weighted by Crippen LogP contribution is 2.26. The Bertz CT molecular complexity index is 846. The molecule has 1 aromatic carbocycles. The van der Waals surface area contributed by atoms with Gasteiger partial charge in [-0.2, -0.15) is 0 Å². The lowest BCUT2D eigenvalue weighted by Crippen LogP contribution is -2.42. The Hall–Kier alpha value is -1.41. The fourth-order valence-electron chi connectivity index (χ4n) is 3.39. The fourth-order valence-corrected chi connectivity index (χ4v) is 4.34. The van der Waals surface area contributed by atoms with Gasteiger partial charge in [0.25, 0.3) is 0 Å². The number of hydrogen-bond donors (Lipinski definition) is 2. The van der Waals surface area contributed by atoms with E-state index in [1.54, 1.807) is 0 Å². The van der Waals surface area contributed by atoms with Crippen LogP contribution in [0.3, 0.4) is 0 Å². The standard InChI is InChI=1S/C20H26Br2N4O2/c1-20(2,3)28-19(27)25-16-6-4-15(5-7-16)24-18-23-11-13-9-14(22)8-12(10-21)17(13)26-18/h8-9,11,15-16H,4-7,10H2,1-3H3,(H,25,27)(H,23,24,26). The maximum Gasteiger partial charge on any atom is 0.407 e. The van der Waals surface area contributed by atoms with Crippen molar-refractivity contribution in [3.8, 4) is 0 Å². The summed E-state index contributed by atoms with van der Waals surface area (Å²) in [4.78, 5) is 21.1. The molecule has 8 heteroatoms. The predicted octanol–water partition coefficient (Wildman–Crippen LogP) is 5.54. The summed E-state index contributed by atoms with van der Waals surface area (Å²) in [5.74, 6) is 0.653. The zero-order valence-electron chi connectivity index (χ0n) is 16.4. The number of benzene rings is 1. The highest BCUT2D eigenvalue weighted by atomic mass is 79.9. The van der Waals surface area contributed by atoms with Crippen LogP contribution in [0.5, 0.6) is 0 Å². The first-order valence-electron chi connectivity index (χ1n) is 9.50. The first kappa shape index (κ1) is 21.3. The summed E-state index contributed by atoms with van der Waals surface area (Å²) in [6, 6.07) is 4.56. The first-order valence-corrected chi connectivity index (χ1v) is 11.4. The summed E-state index contributed by atoms with van der Waals surface area (Å²) >= 11 is 7.06. The van der Waals surface area contributed by atoms with Gasteiger partial charge in [-0.05, 0) is 64.2 Å². The molecule has 1 heterocycles. The van der Waals surface area contributed by atoms with Gasteiger partial charge in [-0.15, -0.1) is 0 Å². The minimum atomic E-state index is -0.472. The topological polar surface area (TPSA) is 76.1 Å². The third-order valence-electron chi connectivity index (χ3n) is 4.65. The van der Waals surface area contributed by atoms with Crippen LogP contribution >= 0.6 is 31.9 Å². The fraction of sp³-hybridized carbons (Fsp3) is 0.550. The van der Waals surface area contributed by atoms with Crippen molar-refractivity contribution in [1.29, 1.82) is 0 Å². The molecular weight excluding hydrogens is 488 g/mol. The van der Waals surface area contributed by atoms with E-state index >= 15 is 0 Å². The highest BCUT2D eigenvalue weighted by molar-refractivity contribution is 9.10. The molecule has 152 valence electrons.